The number of benzene rings is 2. The van der Waals surface area contributed by atoms with Crippen molar-refractivity contribution in [3.63, 3.8) is 0 Å². The summed E-state index contributed by atoms with van der Waals surface area (Å²) in [5, 5.41) is 6.23. The number of nitrogens with one attached hydrogen (secondary N) is 2. The summed E-state index contributed by atoms with van der Waals surface area (Å²) in [4.78, 5) is 28.6. The Hall–Kier alpha value is -3.18. The highest BCUT2D eigenvalue weighted by Gasteiger charge is 2.10. The van der Waals surface area contributed by atoms with Crippen molar-refractivity contribution in [2.75, 3.05) is 11.9 Å². The van der Waals surface area contributed by atoms with E-state index in [0.717, 1.165) is 5.56 Å². The summed E-state index contributed by atoms with van der Waals surface area (Å²) < 4.78 is 0. The van der Waals surface area contributed by atoms with Gasteiger partial charge in [0.1, 0.15) is 5.82 Å². The lowest BCUT2D eigenvalue weighted by molar-refractivity contribution is 0.0952. The van der Waals surface area contributed by atoms with Crippen molar-refractivity contribution >= 4 is 29.2 Å². The van der Waals surface area contributed by atoms with Gasteiger partial charge in [-0.1, -0.05) is 48.0 Å². The van der Waals surface area contributed by atoms with Crippen LogP contribution in [0, 0.1) is 0 Å². The van der Waals surface area contributed by atoms with Gasteiger partial charge in [0.2, 0.25) is 0 Å². The van der Waals surface area contributed by atoms with Crippen LogP contribution in [-0.2, 0) is 6.42 Å². The third-order valence-electron chi connectivity index (χ3n) is 3.94. The maximum atomic E-state index is 12.3. The highest BCUT2D eigenvalue weighted by Crippen LogP contribution is 2.15. The molecule has 0 radical (unpaired) electrons. The van der Waals surface area contributed by atoms with Crippen molar-refractivity contribution in [3.8, 4) is 0 Å². The number of nitrogens with zero attached hydrogens (tertiary/aromatic N) is 1. The predicted octanol–water partition coefficient (Wildman–Crippen LogP) is 3.96. The first-order valence-electron chi connectivity index (χ1n) is 8.47. The van der Waals surface area contributed by atoms with Crippen molar-refractivity contribution in [2.45, 2.75) is 6.42 Å². The molecule has 1 aromatic heterocycles. The molecule has 0 unspecified atom stereocenters. The number of pyridine rings is 1. The van der Waals surface area contributed by atoms with Crippen LogP contribution in [0.3, 0.4) is 0 Å². The van der Waals surface area contributed by atoms with Gasteiger partial charge in [-0.05, 0) is 42.3 Å². The van der Waals surface area contributed by atoms with E-state index in [-0.39, 0.29) is 11.8 Å². The van der Waals surface area contributed by atoms with Crippen LogP contribution in [0.5, 0.6) is 0 Å². The zero-order chi connectivity index (χ0) is 19.1. The van der Waals surface area contributed by atoms with Crippen LogP contribution in [0.25, 0.3) is 0 Å². The summed E-state index contributed by atoms with van der Waals surface area (Å²) >= 11 is 6.12. The van der Waals surface area contributed by atoms with Crippen molar-refractivity contribution in [2.24, 2.45) is 0 Å². The quantitative estimate of drug-likeness (QED) is 0.681. The minimum atomic E-state index is -0.278. The van der Waals surface area contributed by atoms with Gasteiger partial charge in [-0.15, -0.1) is 0 Å². The molecule has 0 saturated heterocycles. The van der Waals surface area contributed by atoms with E-state index in [1.807, 2.05) is 30.3 Å². The Bertz CT molecular complexity index is 945. The molecule has 3 rings (SSSR count). The summed E-state index contributed by atoms with van der Waals surface area (Å²) in [7, 11) is 0. The lowest BCUT2D eigenvalue weighted by Gasteiger charge is -2.08. The Balaban J connectivity index is 1.58. The van der Waals surface area contributed by atoms with Gasteiger partial charge < -0.3 is 10.6 Å². The summed E-state index contributed by atoms with van der Waals surface area (Å²) in [6.07, 6.45) is 2.12. The van der Waals surface area contributed by atoms with Gasteiger partial charge in [0.25, 0.3) is 11.8 Å². The standard InChI is InChI=1S/C21H18ClN3O2/c22-18-9-5-4-6-15(18)10-13-24-20(26)17-11-12-23-19(14-17)25-21(27)16-7-2-1-3-8-16/h1-9,11-12,14H,10,13H2,(H,24,26)(H,23,25,27). The monoisotopic (exact) mass is 379 g/mol. The maximum absolute atomic E-state index is 12.3. The zero-order valence-corrected chi connectivity index (χ0v) is 15.2. The van der Waals surface area contributed by atoms with Crippen LogP contribution >= 0.6 is 11.6 Å². The summed E-state index contributed by atoms with van der Waals surface area (Å²) in [5.74, 6) is -0.193. The van der Waals surface area contributed by atoms with Gasteiger partial charge in [-0.3, -0.25) is 9.59 Å². The van der Waals surface area contributed by atoms with E-state index in [4.69, 9.17) is 11.6 Å². The van der Waals surface area contributed by atoms with Gasteiger partial charge in [0.05, 0.1) is 0 Å². The number of aromatic nitrogens is 1. The van der Waals surface area contributed by atoms with Crippen LogP contribution in [0.15, 0.2) is 72.9 Å². The number of hydrogen-bond donors (Lipinski definition) is 2. The number of amides is 2. The zero-order valence-electron chi connectivity index (χ0n) is 14.5. The lowest BCUT2D eigenvalue weighted by atomic mass is 10.1. The van der Waals surface area contributed by atoms with Crippen molar-refractivity contribution in [3.05, 3.63) is 94.6 Å². The highest BCUT2D eigenvalue weighted by molar-refractivity contribution is 6.31. The fourth-order valence-electron chi connectivity index (χ4n) is 2.53. The largest absolute Gasteiger partial charge is 0.352 e. The molecule has 2 aromatic carbocycles. The van der Waals surface area contributed by atoms with Gasteiger partial charge in [0.15, 0.2) is 0 Å². The molecule has 0 bridgehead atoms. The molecule has 2 amide bonds. The van der Waals surface area contributed by atoms with E-state index in [1.165, 1.54) is 6.20 Å². The first kappa shape index (κ1) is 18.6. The molecule has 0 aliphatic carbocycles. The smallest absolute Gasteiger partial charge is 0.256 e. The summed E-state index contributed by atoms with van der Waals surface area (Å²) in [6.45, 7) is 0.455. The normalized spacial score (nSPS) is 10.3. The molecule has 0 spiro atoms. The fourth-order valence-corrected chi connectivity index (χ4v) is 2.76. The van der Waals surface area contributed by atoms with E-state index < -0.39 is 0 Å². The highest BCUT2D eigenvalue weighted by atomic mass is 35.5. The molecule has 0 saturated carbocycles. The molecule has 2 N–H and O–H groups in total. The average molecular weight is 380 g/mol. The maximum Gasteiger partial charge on any atom is 0.256 e. The number of carbonyl (C=O) groups excluding carboxylic acids is 2. The van der Waals surface area contributed by atoms with Crippen LogP contribution in [0.4, 0.5) is 5.82 Å². The molecule has 27 heavy (non-hydrogen) atoms. The summed E-state index contributed by atoms with van der Waals surface area (Å²) in [5.41, 5.74) is 1.92. The molecule has 136 valence electrons. The molecule has 0 fully saturated rings. The first-order chi connectivity index (χ1) is 13.1. The second kappa shape index (κ2) is 8.96. The second-order valence-corrected chi connectivity index (χ2v) is 6.25. The van der Waals surface area contributed by atoms with E-state index in [0.29, 0.717) is 34.9 Å². The number of rotatable bonds is 6. The molecule has 0 aliphatic rings. The van der Waals surface area contributed by atoms with Crippen LogP contribution in [0.1, 0.15) is 26.3 Å². The third-order valence-corrected chi connectivity index (χ3v) is 4.31. The molecule has 3 aromatic rings. The van der Waals surface area contributed by atoms with Gasteiger partial charge in [-0.2, -0.15) is 0 Å². The second-order valence-electron chi connectivity index (χ2n) is 5.85. The topological polar surface area (TPSA) is 71.1 Å². The van der Waals surface area contributed by atoms with E-state index in [2.05, 4.69) is 15.6 Å². The van der Waals surface area contributed by atoms with Crippen LogP contribution in [-0.4, -0.2) is 23.3 Å². The molecule has 0 atom stereocenters. The molecule has 5 nitrogen and oxygen atoms in total. The average Bonchev–Trinajstić information content (AvgIpc) is 2.70. The number of hydrogen-bond acceptors (Lipinski definition) is 3. The van der Waals surface area contributed by atoms with Crippen molar-refractivity contribution < 1.29 is 9.59 Å². The van der Waals surface area contributed by atoms with Gasteiger partial charge in [0, 0.05) is 28.9 Å². The Labute approximate surface area is 162 Å². The SMILES string of the molecule is O=C(NCCc1ccccc1Cl)c1ccnc(NC(=O)c2ccccc2)c1. The summed E-state index contributed by atoms with van der Waals surface area (Å²) in [6, 6.07) is 19.5. The van der Waals surface area contributed by atoms with Crippen molar-refractivity contribution in [1.29, 1.82) is 0 Å². The number of carbonyl (C=O) groups is 2. The molecule has 1 heterocycles. The first-order valence-corrected chi connectivity index (χ1v) is 8.85. The van der Waals surface area contributed by atoms with Crippen LogP contribution < -0.4 is 10.6 Å². The Kier molecular flexibility index (Phi) is 6.18. The fraction of sp³-hybridized carbons (Fsp3) is 0.0952. The Morgan fingerprint density at radius 2 is 1.63 bits per heavy atom. The lowest BCUT2D eigenvalue weighted by Crippen LogP contribution is -2.26. The number of anilines is 1. The molecule has 0 aliphatic heterocycles. The molecular weight excluding hydrogens is 362 g/mol. The molecular formula is C21H18ClN3O2. The van der Waals surface area contributed by atoms with Crippen molar-refractivity contribution in [1.82, 2.24) is 10.3 Å². The molecule has 6 heteroatoms. The van der Waals surface area contributed by atoms with Crippen LogP contribution in [0.2, 0.25) is 5.02 Å². The Morgan fingerprint density at radius 1 is 0.889 bits per heavy atom. The van der Waals surface area contributed by atoms with E-state index in [9.17, 15) is 9.59 Å². The Morgan fingerprint density at radius 3 is 2.41 bits per heavy atom. The van der Waals surface area contributed by atoms with Gasteiger partial charge >= 0.3 is 0 Å². The van der Waals surface area contributed by atoms with E-state index in [1.54, 1.807) is 36.4 Å². The minimum absolute atomic E-state index is 0.236. The number of halogens is 1. The van der Waals surface area contributed by atoms with Gasteiger partial charge in [-0.25, -0.2) is 4.98 Å². The predicted molar refractivity (Wildman–Crippen MR) is 106 cm³/mol. The van der Waals surface area contributed by atoms with E-state index >= 15 is 0 Å². The minimum Gasteiger partial charge on any atom is -0.352 e. The third kappa shape index (κ3) is 5.15.